The molecule has 1 saturated heterocycles. The fourth-order valence-electron chi connectivity index (χ4n) is 1.72. The van der Waals surface area contributed by atoms with Crippen molar-refractivity contribution in [1.29, 1.82) is 0 Å². The molecule has 2 rings (SSSR count). The fraction of sp³-hybridized carbons (Fsp3) is 0.417. The van der Waals surface area contributed by atoms with Crippen LogP contribution in [0.2, 0.25) is 0 Å². The second kappa shape index (κ2) is 7.09. The number of halogens is 1. The molecule has 0 aliphatic carbocycles. The van der Waals surface area contributed by atoms with E-state index in [1.54, 1.807) is 0 Å². The number of aromatic nitrogens is 1. The number of hydrogen-bond acceptors (Lipinski definition) is 4. The third-order valence-electron chi connectivity index (χ3n) is 2.51. The Hall–Kier alpha value is -0.450. The van der Waals surface area contributed by atoms with Gasteiger partial charge >= 0.3 is 0 Å². The number of rotatable bonds is 2. The lowest BCUT2D eigenvalue weighted by atomic mass is 10.1. The quantitative estimate of drug-likeness (QED) is 0.649. The standard InChI is InChI=1S/C12H13IN2OS/c13-17-7-5-10-3-4-11(8-14-10)15-12-2-1-6-16-9-12/h3-4,8,12,15H,1-2,6,9H2. The average molecular weight is 360 g/mol. The van der Waals surface area contributed by atoms with Gasteiger partial charge in [0.2, 0.25) is 0 Å². The summed E-state index contributed by atoms with van der Waals surface area (Å²) in [4.78, 5) is 4.29. The topological polar surface area (TPSA) is 34.1 Å². The van der Waals surface area contributed by atoms with Crippen LogP contribution in [-0.4, -0.2) is 24.2 Å². The van der Waals surface area contributed by atoms with E-state index in [0.29, 0.717) is 6.04 Å². The van der Waals surface area contributed by atoms with Gasteiger partial charge in [-0.2, -0.15) is 0 Å². The van der Waals surface area contributed by atoms with Crippen molar-refractivity contribution in [3.63, 3.8) is 0 Å². The van der Waals surface area contributed by atoms with Gasteiger partial charge in [-0.25, -0.2) is 4.98 Å². The maximum absolute atomic E-state index is 5.42. The highest BCUT2D eigenvalue weighted by Crippen LogP contribution is 2.14. The van der Waals surface area contributed by atoms with Crippen molar-refractivity contribution in [1.82, 2.24) is 4.98 Å². The van der Waals surface area contributed by atoms with E-state index in [4.69, 9.17) is 4.74 Å². The van der Waals surface area contributed by atoms with Crippen molar-refractivity contribution in [2.75, 3.05) is 18.5 Å². The zero-order chi connectivity index (χ0) is 11.9. The molecule has 1 atom stereocenters. The predicted octanol–water partition coefficient (Wildman–Crippen LogP) is 3.06. The van der Waals surface area contributed by atoms with Crippen molar-refractivity contribution in [3.8, 4) is 11.2 Å². The smallest absolute Gasteiger partial charge is 0.114 e. The second-order valence-corrected chi connectivity index (χ2v) is 5.47. The lowest BCUT2D eigenvalue weighted by Crippen LogP contribution is -2.29. The summed E-state index contributed by atoms with van der Waals surface area (Å²) in [7, 11) is 1.47. The van der Waals surface area contributed by atoms with Crippen LogP contribution in [0.15, 0.2) is 18.3 Å². The zero-order valence-electron chi connectivity index (χ0n) is 9.28. The summed E-state index contributed by atoms with van der Waals surface area (Å²) in [5.74, 6) is 2.97. The number of nitrogens with zero attached hydrogens (tertiary/aromatic N) is 1. The summed E-state index contributed by atoms with van der Waals surface area (Å²) in [5, 5.41) is 6.34. The van der Waals surface area contributed by atoms with Crippen molar-refractivity contribution in [2.24, 2.45) is 0 Å². The Morgan fingerprint density at radius 2 is 2.47 bits per heavy atom. The first kappa shape index (κ1) is 13.0. The van der Waals surface area contributed by atoms with Crippen LogP contribution in [0.1, 0.15) is 18.5 Å². The third kappa shape index (κ3) is 4.37. The molecule has 0 bridgehead atoms. The van der Waals surface area contributed by atoms with E-state index in [1.807, 2.05) is 18.3 Å². The van der Waals surface area contributed by atoms with Gasteiger partial charge < -0.3 is 10.1 Å². The Bertz CT molecular complexity index is 407. The molecule has 17 heavy (non-hydrogen) atoms. The third-order valence-corrected chi connectivity index (χ3v) is 3.35. The van der Waals surface area contributed by atoms with Crippen LogP contribution in [0.5, 0.6) is 0 Å². The van der Waals surface area contributed by atoms with Crippen LogP contribution < -0.4 is 5.32 Å². The van der Waals surface area contributed by atoms with E-state index in [2.05, 4.69) is 42.7 Å². The van der Waals surface area contributed by atoms with E-state index in [0.717, 1.165) is 37.4 Å². The Balaban J connectivity index is 1.93. The minimum absolute atomic E-state index is 0.410. The average Bonchev–Trinajstić information content (AvgIpc) is 2.39. The Morgan fingerprint density at radius 1 is 1.53 bits per heavy atom. The van der Waals surface area contributed by atoms with Crippen LogP contribution in [-0.2, 0) is 4.74 Å². The van der Waals surface area contributed by atoms with Crippen LogP contribution >= 0.6 is 30.1 Å². The number of pyridine rings is 1. The van der Waals surface area contributed by atoms with E-state index in [9.17, 15) is 0 Å². The van der Waals surface area contributed by atoms with Crippen molar-refractivity contribution >= 4 is 35.8 Å². The largest absolute Gasteiger partial charge is 0.379 e. The molecule has 0 spiro atoms. The highest BCUT2D eigenvalue weighted by Gasteiger charge is 2.13. The van der Waals surface area contributed by atoms with Crippen molar-refractivity contribution in [2.45, 2.75) is 18.9 Å². The summed E-state index contributed by atoms with van der Waals surface area (Å²) in [6.07, 6.45) is 4.12. The molecule has 1 aliphatic heterocycles. The highest BCUT2D eigenvalue weighted by atomic mass is 127. The maximum atomic E-state index is 5.42. The minimum Gasteiger partial charge on any atom is -0.379 e. The molecule has 0 radical (unpaired) electrons. The lowest BCUT2D eigenvalue weighted by molar-refractivity contribution is 0.0876. The molecule has 1 unspecified atom stereocenters. The normalized spacial score (nSPS) is 19.2. The summed E-state index contributed by atoms with van der Waals surface area (Å²) >= 11 is 2.15. The molecule has 0 saturated carbocycles. The van der Waals surface area contributed by atoms with E-state index in [1.165, 1.54) is 8.93 Å². The molecular weight excluding hydrogens is 347 g/mol. The molecule has 90 valence electrons. The number of anilines is 1. The summed E-state index contributed by atoms with van der Waals surface area (Å²) < 4.78 is 5.42. The van der Waals surface area contributed by atoms with Crippen LogP contribution in [0.3, 0.4) is 0 Å². The van der Waals surface area contributed by atoms with Gasteiger partial charge in [0.15, 0.2) is 0 Å². The first-order valence-corrected chi connectivity index (χ1v) is 8.83. The van der Waals surface area contributed by atoms with Gasteiger partial charge in [0, 0.05) is 33.9 Å². The monoisotopic (exact) mass is 360 g/mol. The van der Waals surface area contributed by atoms with Crippen LogP contribution in [0.25, 0.3) is 0 Å². The van der Waals surface area contributed by atoms with Gasteiger partial charge in [0.25, 0.3) is 0 Å². The molecule has 3 nitrogen and oxygen atoms in total. The van der Waals surface area contributed by atoms with Gasteiger partial charge in [-0.3, -0.25) is 0 Å². The first-order valence-electron chi connectivity index (χ1n) is 5.47. The SMILES string of the molecule is ISC#Cc1ccc(NC2CCCOC2)cn1. The second-order valence-electron chi connectivity index (χ2n) is 3.79. The van der Waals surface area contributed by atoms with E-state index in [-0.39, 0.29) is 0 Å². The maximum Gasteiger partial charge on any atom is 0.114 e. The van der Waals surface area contributed by atoms with Gasteiger partial charge in [0.1, 0.15) is 5.69 Å². The molecule has 0 aromatic carbocycles. The molecule has 1 aromatic rings. The van der Waals surface area contributed by atoms with Crippen molar-refractivity contribution < 1.29 is 4.74 Å². The molecule has 1 fully saturated rings. The first-order chi connectivity index (χ1) is 8.38. The van der Waals surface area contributed by atoms with E-state index >= 15 is 0 Å². The van der Waals surface area contributed by atoms with Crippen LogP contribution in [0, 0.1) is 11.2 Å². The number of hydrogen-bond donors (Lipinski definition) is 1. The van der Waals surface area contributed by atoms with Gasteiger partial charge in [-0.1, -0.05) is 0 Å². The molecule has 1 aliphatic rings. The lowest BCUT2D eigenvalue weighted by Gasteiger charge is -2.23. The van der Waals surface area contributed by atoms with Gasteiger partial charge in [-0.05, 0) is 45.1 Å². The van der Waals surface area contributed by atoms with E-state index < -0.39 is 0 Å². The number of nitrogens with one attached hydrogen (secondary N) is 1. The minimum atomic E-state index is 0.410. The molecule has 0 amide bonds. The Kier molecular flexibility index (Phi) is 5.42. The van der Waals surface area contributed by atoms with Crippen LogP contribution in [0.4, 0.5) is 5.69 Å². The molecular formula is C12H13IN2OS. The predicted molar refractivity (Wildman–Crippen MR) is 80.2 cm³/mol. The number of ether oxygens (including phenoxy) is 1. The zero-order valence-corrected chi connectivity index (χ0v) is 12.3. The summed E-state index contributed by atoms with van der Waals surface area (Å²) in [5.41, 5.74) is 1.84. The fourth-order valence-corrected chi connectivity index (χ4v) is 2.19. The van der Waals surface area contributed by atoms with Crippen molar-refractivity contribution in [3.05, 3.63) is 24.0 Å². The summed E-state index contributed by atoms with van der Waals surface area (Å²) in [6, 6.07) is 4.36. The van der Waals surface area contributed by atoms with Gasteiger partial charge in [-0.15, -0.1) is 0 Å². The highest BCUT2D eigenvalue weighted by molar-refractivity contribution is 14.2. The Labute approximate surface area is 118 Å². The molecule has 1 N–H and O–H groups in total. The molecule has 5 heteroatoms. The molecule has 1 aromatic heterocycles. The Morgan fingerprint density at radius 3 is 3.12 bits per heavy atom. The van der Waals surface area contributed by atoms with Gasteiger partial charge in [0.05, 0.1) is 18.5 Å². The summed E-state index contributed by atoms with van der Waals surface area (Å²) in [6.45, 7) is 1.67. The molecule has 2 heterocycles.